The van der Waals surface area contributed by atoms with E-state index in [2.05, 4.69) is 10.9 Å². The fourth-order valence-electron chi connectivity index (χ4n) is 2.12. The lowest BCUT2D eigenvalue weighted by Crippen LogP contribution is -2.43. The maximum Gasteiger partial charge on any atom is 0.305 e. The Bertz CT molecular complexity index is 667. The average Bonchev–Trinajstić information content (AvgIpc) is 3.08. The van der Waals surface area contributed by atoms with Crippen molar-refractivity contribution in [1.29, 1.82) is 0 Å². The summed E-state index contributed by atoms with van der Waals surface area (Å²) < 4.78 is 11.0. The summed E-state index contributed by atoms with van der Waals surface area (Å²) in [6, 6.07) is 12.5. The molecule has 1 heterocycles. The molecule has 2 rings (SSSR count). The van der Waals surface area contributed by atoms with Crippen molar-refractivity contribution in [3.8, 4) is 5.75 Å². The molecule has 6 heteroatoms. The van der Waals surface area contributed by atoms with E-state index in [-0.39, 0.29) is 24.2 Å². The predicted molar refractivity (Wildman–Crippen MR) is 89.2 cm³/mol. The molecule has 2 aromatic rings. The maximum atomic E-state index is 12.0. The van der Waals surface area contributed by atoms with Crippen molar-refractivity contribution in [2.45, 2.75) is 33.3 Å². The topological polar surface area (TPSA) is 80.6 Å². The average molecular weight is 330 g/mol. The number of rotatable bonds is 7. The smallest absolute Gasteiger partial charge is 0.305 e. The van der Waals surface area contributed by atoms with E-state index < -0.39 is 5.91 Å². The summed E-state index contributed by atoms with van der Waals surface area (Å²) in [6.07, 6.45) is 1.68. The van der Waals surface area contributed by atoms with Crippen molar-refractivity contribution in [3.63, 3.8) is 0 Å². The second-order valence-electron chi connectivity index (χ2n) is 5.50. The van der Waals surface area contributed by atoms with Crippen LogP contribution in [0, 0.1) is 5.92 Å². The molecule has 1 atom stereocenters. The molecule has 0 aliphatic rings. The Hall–Kier alpha value is -2.76. The number of hydrogen-bond donors (Lipinski definition) is 2. The Morgan fingerprint density at radius 1 is 1.12 bits per heavy atom. The number of nitrogens with one attached hydrogen (secondary N) is 2. The summed E-state index contributed by atoms with van der Waals surface area (Å²) in [5, 5.41) is 0. The van der Waals surface area contributed by atoms with Gasteiger partial charge in [-0.1, -0.05) is 38.5 Å². The predicted octanol–water partition coefficient (Wildman–Crippen LogP) is 3.06. The number of benzene rings is 1. The Balaban J connectivity index is 1.81. The molecule has 2 N–H and O–H groups in total. The number of ether oxygens (including phenoxy) is 1. The Morgan fingerprint density at radius 2 is 1.88 bits per heavy atom. The first-order chi connectivity index (χ1) is 11.6. The molecule has 128 valence electrons. The molecule has 1 aromatic heterocycles. The molecule has 2 amide bonds. The largest absolute Gasteiger partial charge is 0.486 e. The minimum absolute atomic E-state index is 0.116. The van der Waals surface area contributed by atoms with Crippen LogP contribution in [0.2, 0.25) is 0 Å². The number of carbonyl (C=O) groups excluding carboxylic acids is 2. The van der Waals surface area contributed by atoms with Crippen LogP contribution in [0.3, 0.4) is 0 Å². The van der Waals surface area contributed by atoms with E-state index in [1.165, 1.54) is 0 Å². The zero-order valence-corrected chi connectivity index (χ0v) is 13.9. The summed E-state index contributed by atoms with van der Waals surface area (Å²) in [5.74, 6) is 0.487. The lowest BCUT2D eigenvalue weighted by Gasteiger charge is -2.11. The van der Waals surface area contributed by atoms with Gasteiger partial charge in [-0.3, -0.25) is 20.4 Å². The second kappa shape index (κ2) is 8.76. The van der Waals surface area contributed by atoms with Gasteiger partial charge in [0.2, 0.25) is 5.91 Å². The van der Waals surface area contributed by atoms with Gasteiger partial charge in [-0.25, -0.2) is 0 Å². The molecule has 6 nitrogen and oxygen atoms in total. The van der Waals surface area contributed by atoms with Crippen LogP contribution in [0.25, 0.3) is 0 Å². The van der Waals surface area contributed by atoms with Gasteiger partial charge in [0.15, 0.2) is 5.76 Å². The van der Waals surface area contributed by atoms with Crippen molar-refractivity contribution in [2.24, 2.45) is 5.92 Å². The van der Waals surface area contributed by atoms with E-state index in [0.29, 0.717) is 5.76 Å². The number of carbonyl (C=O) groups is 2. The second-order valence-corrected chi connectivity index (χ2v) is 5.50. The zero-order valence-electron chi connectivity index (χ0n) is 13.9. The number of furan rings is 1. The highest BCUT2D eigenvalue weighted by molar-refractivity contribution is 5.93. The molecule has 0 fully saturated rings. The highest BCUT2D eigenvalue weighted by atomic mass is 16.5. The number of hydrazine groups is 1. The first-order valence-corrected chi connectivity index (χ1v) is 7.97. The van der Waals surface area contributed by atoms with E-state index in [1.807, 2.05) is 44.2 Å². The van der Waals surface area contributed by atoms with Crippen LogP contribution in [-0.4, -0.2) is 11.8 Å². The summed E-state index contributed by atoms with van der Waals surface area (Å²) in [6.45, 7) is 4.04. The molecule has 1 aromatic carbocycles. The van der Waals surface area contributed by atoms with Crippen molar-refractivity contribution < 1.29 is 18.7 Å². The summed E-state index contributed by atoms with van der Waals surface area (Å²) in [4.78, 5) is 23.7. The first kappa shape index (κ1) is 17.6. The fraction of sp³-hybridized carbons (Fsp3) is 0.333. The van der Waals surface area contributed by atoms with Crippen LogP contribution in [0.1, 0.15) is 43.0 Å². The van der Waals surface area contributed by atoms with Gasteiger partial charge < -0.3 is 9.15 Å². The number of hydrogen-bond acceptors (Lipinski definition) is 4. The molecule has 0 saturated heterocycles. The van der Waals surface area contributed by atoms with Crippen LogP contribution in [-0.2, 0) is 11.4 Å². The van der Waals surface area contributed by atoms with E-state index in [9.17, 15) is 9.59 Å². The summed E-state index contributed by atoms with van der Waals surface area (Å²) in [7, 11) is 0. The Kier molecular flexibility index (Phi) is 6.42. The quantitative estimate of drug-likeness (QED) is 0.765. The summed E-state index contributed by atoms with van der Waals surface area (Å²) >= 11 is 0. The minimum Gasteiger partial charge on any atom is -0.486 e. The van der Waals surface area contributed by atoms with Crippen LogP contribution in [0.5, 0.6) is 5.75 Å². The van der Waals surface area contributed by atoms with Gasteiger partial charge in [0.05, 0.1) is 0 Å². The highest BCUT2D eigenvalue weighted by Crippen LogP contribution is 2.13. The van der Waals surface area contributed by atoms with Gasteiger partial charge in [0, 0.05) is 5.92 Å². The SMILES string of the molecule is CCCC(C)C(=O)NNC(=O)c1ccc(COc2ccccc2)o1. The van der Waals surface area contributed by atoms with E-state index >= 15 is 0 Å². The zero-order chi connectivity index (χ0) is 17.4. The number of para-hydroxylation sites is 1. The van der Waals surface area contributed by atoms with E-state index in [1.54, 1.807) is 12.1 Å². The third-order valence-electron chi connectivity index (χ3n) is 3.48. The molecule has 0 bridgehead atoms. The van der Waals surface area contributed by atoms with Crippen LogP contribution < -0.4 is 15.6 Å². The van der Waals surface area contributed by atoms with Gasteiger partial charge in [-0.05, 0) is 30.7 Å². The normalized spacial score (nSPS) is 11.6. The standard InChI is InChI=1S/C18H22N2O4/c1-3-7-13(2)17(21)19-20-18(22)16-11-10-15(24-16)12-23-14-8-5-4-6-9-14/h4-6,8-11,13H,3,7,12H2,1-2H3,(H,19,21)(H,20,22). The summed E-state index contributed by atoms with van der Waals surface area (Å²) in [5.41, 5.74) is 4.75. The van der Waals surface area contributed by atoms with Crippen LogP contribution in [0.4, 0.5) is 0 Å². The van der Waals surface area contributed by atoms with Gasteiger partial charge in [0.1, 0.15) is 18.1 Å². The van der Waals surface area contributed by atoms with Crippen LogP contribution in [0.15, 0.2) is 46.9 Å². The van der Waals surface area contributed by atoms with Crippen molar-refractivity contribution >= 4 is 11.8 Å². The van der Waals surface area contributed by atoms with Gasteiger partial charge in [-0.2, -0.15) is 0 Å². The first-order valence-electron chi connectivity index (χ1n) is 7.97. The molecule has 0 spiro atoms. The molecule has 0 aliphatic heterocycles. The lowest BCUT2D eigenvalue weighted by molar-refractivity contribution is -0.125. The molecule has 0 saturated carbocycles. The fourth-order valence-corrected chi connectivity index (χ4v) is 2.12. The Labute approximate surface area is 141 Å². The molecular formula is C18H22N2O4. The third kappa shape index (κ3) is 5.15. The maximum absolute atomic E-state index is 12.0. The molecule has 0 radical (unpaired) electrons. The number of amides is 2. The Morgan fingerprint density at radius 3 is 2.58 bits per heavy atom. The lowest BCUT2D eigenvalue weighted by atomic mass is 10.1. The molecule has 0 aliphatic carbocycles. The molecule has 1 unspecified atom stereocenters. The molecular weight excluding hydrogens is 308 g/mol. The van der Waals surface area contributed by atoms with Gasteiger partial charge in [0.25, 0.3) is 0 Å². The van der Waals surface area contributed by atoms with Gasteiger partial charge >= 0.3 is 5.91 Å². The third-order valence-corrected chi connectivity index (χ3v) is 3.48. The van der Waals surface area contributed by atoms with Gasteiger partial charge in [-0.15, -0.1) is 0 Å². The van der Waals surface area contributed by atoms with E-state index in [0.717, 1.165) is 18.6 Å². The highest BCUT2D eigenvalue weighted by Gasteiger charge is 2.15. The monoisotopic (exact) mass is 330 g/mol. The van der Waals surface area contributed by atoms with Crippen LogP contribution >= 0.6 is 0 Å². The van der Waals surface area contributed by atoms with Crippen molar-refractivity contribution in [2.75, 3.05) is 0 Å². The van der Waals surface area contributed by atoms with E-state index in [4.69, 9.17) is 9.15 Å². The van der Waals surface area contributed by atoms with Crippen molar-refractivity contribution in [3.05, 3.63) is 54.0 Å². The van der Waals surface area contributed by atoms with Crippen molar-refractivity contribution in [1.82, 2.24) is 10.9 Å². The minimum atomic E-state index is -0.502. The molecule has 24 heavy (non-hydrogen) atoms.